The summed E-state index contributed by atoms with van der Waals surface area (Å²) in [6, 6.07) is 0. The highest BCUT2D eigenvalue weighted by Gasteiger charge is 2.06. The molecule has 0 bridgehead atoms. The lowest BCUT2D eigenvalue weighted by Gasteiger charge is -2.00. The number of Topliss-reactive ketones (excluding diaryl/α,β-unsaturated/α-hetero) is 1. The zero-order chi connectivity index (χ0) is 7.98. The average molecular weight is 142 g/mol. The third-order valence-corrected chi connectivity index (χ3v) is 1.30. The number of hydrogen-bond donors (Lipinski definition) is 1. The van der Waals surface area contributed by atoms with E-state index in [1.54, 1.807) is 6.08 Å². The number of hydrogen-bond acceptors (Lipinski definition) is 2. The highest BCUT2D eigenvalue weighted by atomic mass is 16.3. The zero-order valence-electron chi connectivity index (χ0n) is 6.34. The number of allylic oxidation sites excluding steroid dienone is 1. The molecule has 1 atom stereocenters. The molecule has 0 aromatic carbocycles. The van der Waals surface area contributed by atoms with Crippen LogP contribution in [0.4, 0.5) is 0 Å². The summed E-state index contributed by atoms with van der Waals surface area (Å²) in [5, 5.41) is 8.74. The fourth-order valence-electron chi connectivity index (χ4n) is 0.630. The van der Waals surface area contributed by atoms with Gasteiger partial charge in [-0.2, -0.15) is 0 Å². The van der Waals surface area contributed by atoms with Crippen molar-refractivity contribution in [2.75, 3.05) is 0 Å². The van der Waals surface area contributed by atoms with Crippen LogP contribution < -0.4 is 0 Å². The zero-order valence-corrected chi connectivity index (χ0v) is 6.34. The fraction of sp³-hybridized carbons (Fsp3) is 0.625. The first kappa shape index (κ1) is 9.37. The molecule has 0 fully saturated rings. The van der Waals surface area contributed by atoms with E-state index in [1.807, 2.05) is 0 Å². The standard InChI is InChI=1S/C8H14O2/c1-3-4-5-6-8(10)7(2)9/h3,7,9H,1,4-6H2,2H3. The van der Waals surface area contributed by atoms with Gasteiger partial charge in [0.2, 0.25) is 0 Å². The Kier molecular flexibility index (Phi) is 4.85. The molecule has 0 amide bonds. The topological polar surface area (TPSA) is 37.3 Å². The van der Waals surface area contributed by atoms with Crippen LogP contribution in [0, 0.1) is 0 Å². The normalized spacial score (nSPS) is 12.6. The highest BCUT2D eigenvalue weighted by Crippen LogP contribution is 1.99. The van der Waals surface area contributed by atoms with Crippen molar-refractivity contribution in [2.45, 2.75) is 32.3 Å². The molecule has 2 nitrogen and oxygen atoms in total. The summed E-state index contributed by atoms with van der Waals surface area (Å²) in [7, 11) is 0. The van der Waals surface area contributed by atoms with Gasteiger partial charge in [-0.05, 0) is 19.8 Å². The Morgan fingerprint density at radius 1 is 1.80 bits per heavy atom. The van der Waals surface area contributed by atoms with Gasteiger partial charge in [-0.15, -0.1) is 6.58 Å². The lowest BCUT2D eigenvalue weighted by Crippen LogP contribution is -2.15. The molecule has 0 aromatic rings. The van der Waals surface area contributed by atoms with Crippen molar-refractivity contribution >= 4 is 5.78 Å². The minimum absolute atomic E-state index is 0.0816. The number of rotatable bonds is 5. The number of aliphatic hydroxyl groups excluding tert-OH is 1. The first-order chi connectivity index (χ1) is 4.68. The van der Waals surface area contributed by atoms with Gasteiger partial charge >= 0.3 is 0 Å². The maximum Gasteiger partial charge on any atom is 0.160 e. The summed E-state index contributed by atoms with van der Waals surface area (Å²) in [6.45, 7) is 5.02. The Morgan fingerprint density at radius 2 is 2.40 bits per heavy atom. The minimum atomic E-state index is -0.801. The van der Waals surface area contributed by atoms with Crippen LogP contribution in [0.25, 0.3) is 0 Å². The first-order valence-electron chi connectivity index (χ1n) is 3.50. The van der Waals surface area contributed by atoms with E-state index in [9.17, 15) is 4.79 Å². The van der Waals surface area contributed by atoms with Crippen LogP contribution in [-0.2, 0) is 4.79 Å². The van der Waals surface area contributed by atoms with Crippen molar-refractivity contribution in [3.05, 3.63) is 12.7 Å². The number of carbonyl (C=O) groups excluding carboxylic acids is 1. The number of carbonyl (C=O) groups is 1. The molecule has 0 saturated heterocycles. The van der Waals surface area contributed by atoms with Crippen LogP contribution in [0.3, 0.4) is 0 Å². The Balaban J connectivity index is 3.30. The number of unbranched alkanes of at least 4 members (excludes halogenated alkanes) is 1. The summed E-state index contributed by atoms with van der Waals surface area (Å²) in [4.78, 5) is 10.7. The smallest absolute Gasteiger partial charge is 0.160 e. The van der Waals surface area contributed by atoms with Crippen LogP contribution >= 0.6 is 0 Å². The monoisotopic (exact) mass is 142 g/mol. The molecule has 0 spiro atoms. The Labute approximate surface area is 61.6 Å². The van der Waals surface area contributed by atoms with E-state index in [0.29, 0.717) is 6.42 Å². The van der Waals surface area contributed by atoms with Crippen molar-refractivity contribution in [1.82, 2.24) is 0 Å². The summed E-state index contributed by atoms with van der Waals surface area (Å²) in [5.74, 6) is -0.0816. The van der Waals surface area contributed by atoms with Gasteiger partial charge in [0, 0.05) is 6.42 Å². The summed E-state index contributed by atoms with van der Waals surface area (Å²) < 4.78 is 0. The SMILES string of the molecule is C=CCCCC(=O)C(C)O. The van der Waals surface area contributed by atoms with Gasteiger partial charge in [-0.1, -0.05) is 6.08 Å². The Bertz CT molecular complexity index is 116. The van der Waals surface area contributed by atoms with E-state index in [2.05, 4.69) is 6.58 Å². The predicted molar refractivity (Wildman–Crippen MR) is 40.7 cm³/mol. The first-order valence-corrected chi connectivity index (χ1v) is 3.50. The Morgan fingerprint density at radius 3 is 2.80 bits per heavy atom. The predicted octanol–water partition coefficient (Wildman–Crippen LogP) is 1.29. The van der Waals surface area contributed by atoms with Crippen LogP contribution in [0.5, 0.6) is 0 Å². The third-order valence-electron chi connectivity index (χ3n) is 1.30. The molecule has 1 unspecified atom stereocenters. The maximum atomic E-state index is 10.7. The number of aliphatic hydroxyl groups is 1. The van der Waals surface area contributed by atoms with E-state index in [4.69, 9.17) is 5.11 Å². The van der Waals surface area contributed by atoms with Crippen molar-refractivity contribution < 1.29 is 9.90 Å². The largest absolute Gasteiger partial charge is 0.386 e. The lowest BCUT2D eigenvalue weighted by molar-refractivity contribution is -0.126. The van der Waals surface area contributed by atoms with Crippen LogP contribution in [-0.4, -0.2) is 17.0 Å². The molecule has 0 radical (unpaired) electrons. The van der Waals surface area contributed by atoms with E-state index >= 15 is 0 Å². The van der Waals surface area contributed by atoms with Crippen molar-refractivity contribution in [3.63, 3.8) is 0 Å². The van der Waals surface area contributed by atoms with E-state index in [0.717, 1.165) is 12.8 Å². The van der Waals surface area contributed by atoms with Crippen molar-refractivity contribution in [1.29, 1.82) is 0 Å². The molecule has 1 N–H and O–H groups in total. The summed E-state index contributed by atoms with van der Waals surface area (Å²) in [5.41, 5.74) is 0. The minimum Gasteiger partial charge on any atom is -0.386 e. The molecule has 58 valence electrons. The van der Waals surface area contributed by atoms with Crippen molar-refractivity contribution in [2.24, 2.45) is 0 Å². The second-order valence-electron chi connectivity index (χ2n) is 2.32. The molecule has 0 aliphatic rings. The van der Waals surface area contributed by atoms with Crippen LogP contribution in [0.1, 0.15) is 26.2 Å². The molecule has 10 heavy (non-hydrogen) atoms. The van der Waals surface area contributed by atoms with Gasteiger partial charge in [0.1, 0.15) is 6.10 Å². The molecule has 0 aliphatic carbocycles. The molecule has 0 heterocycles. The molecule has 0 saturated carbocycles. The van der Waals surface area contributed by atoms with E-state index < -0.39 is 6.10 Å². The van der Waals surface area contributed by atoms with Gasteiger partial charge in [-0.25, -0.2) is 0 Å². The van der Waals surface area contributed by atoms with E-state index in [-0.39, 0.29) is 5.78 Å². The van der Waals surface area contributed by atoms with Gasteiger partial charge in [0.05, 0.1) is 0 Å². The van der Waals surface area contributed by atoms with Gasteiger partial charge in [0.15, 0.2) is 5.78 Å². The molecule has 0 aromatic heterocycles. The van der Waals surface area contributed by atoms with Crippen LogP contribution in [0.2, 0.25) is 0 Å². The molecule has 0 rings (SSSR count). The average Bonchev–Trinajstić information content (AvgIpc) is 1.88. The third kappa shape index (κ3) is 4.27. The second kappa shape index (κ2) is 5.18. The fourth-order valence-corrected chi connectivity index (χ4v) is 0.630. The van der Waals surface area contributed by atoms with Gasteiger partial charge in [-0.3, -0.25) is 4.79 Å². The molecular formula is C8H14O2. The van der Waals surface area contributed by atoms with Gasteiger partial charge in [0.25, 0.3) is 0 Å². The molecular weight excluding hydrogens is 128 g/mol. The maximum absolute atomic E-state index is 10.7. The van der Waals surface area contributed by atoms with Crippen molar-refractivity contribution in [3.8, 4) is 0 Å². The van der Waals surface area contributed by atoms with Crippen LogP contribution in [0.15, 0.2) is 12.7 Å². The molecule has 2 heteroatoms. The molecule has 0 aliphatic heterocycles. The summed E-state index contributed by atoms with van der Waals surface area (Å²) in [6.07, 6.45) is 3.08. The van der Waals surface area contributed by atoms with Gasteiger partial charge < -0.3 is 5.11 Å². The lowest BCUT2D eigenvalue weighted by atomic mass is 10.1. The second-order valence-corrected chi connectivity index (χ2v) is 2.32. The Hall–Kier alpha value is -0.630. The number of ketones is 1. The van der Waals surface area contributed by atoms with E-state index in [1.165, 1.54) is 6.92 Å². The highest BCUT2D eigenvalue weighted by molar-refractivity contribution is 5.82. The summed E-state index contributed by atoms with van der Waals surface area (Å²) >= 11 is 0. The quantitative estimate of drug-likeness (QED) is 0.464.